The number of aryl methyl sites for hydroxylation is 2. The molecule has 0 aromatic heterocycles. The van der Waals surface area contributed by atoms with Crippen molar-refractivity contribution in [2.24, 2.45) is 9.98 Å². The van der Waals surface area contributed by atoms with Crippen LogP contribution in [0.2, 0.25) is 0 Å². The minimum absolute atomic E-state index is 0. The minimum atomic E-state index is -1.08. The first-order chi connectivity index (χ1) is 17.8. The molecular formula is C31H44CoN2O6. The summed E-state index contributed by atoms with van der Waals surface area (Å²) in [6.07, 6.45) is 4.30. The number of carbonyl (C=O) groups is 2. The number of aliphatic imine (C=N–C) groups is 2. The Bertz CT molecular complexity index is 1080. The maximum atomic E-state index is 10.3. The number of carbonyl (C=O) groups excluding carboxylic acids is 2. The summed E-state index contributed by atoms with van der Waals surface area (Å²) in [4.78, 5) is 26.7. The van der Waals surface area contributed by atoms with Gasteiger partial charge in [0.25, 0.3) is 0 Å². The largest absolute Gasteiger partial charge is 2.00 e. The molecule has 9 heteroatoms. The van der Waals surface area contributed by atoms with Gasteiger partial charge < -0.3 is 30.0 Å². The zero-order valence-electron chi connectivity index (χ0n) is 25.3. The normalized spacial score (nSPS) is 11.2. The monoisotopic (exact) mass is 599 g/mol. The second kappa shape index (κ2) is 17.5. The average Bonchev–Trinajstić information content (AvgIpc) is 2.76. The van der Waals surface area contributed by atoms with Gasteiger partial charge in [0.05, 0.1) is 0 Å². The van der Waals surface area contributed by atoms with Crippen molar-refractivity contribution in [3.63, 3.8) is 0 Å². The third-order valence-electron chi connectivity index (χ3n) is 5.43. The Morgan fingerprint density at radius 3 is 1.25 bits per heavy atom. The number of carboxylic acids is 2. The van der Waals surface area contributed by atoms with Crippen molar-refractivity contribution in [2.45, 2.75) is 86.5 Å². The number of phenols is 2. The zero-order valence-corrected chi connectivity index (χ0v) is 26.4. The molecule has 0 spiro atoms. The fourth-order valence-corrected chi connectivity index (χ4v) is 3.26. The molecule has 2 aromatic rings. The summed E-state index contributed by atoms with van der Waals surface area (Å²) in [5, 5.41) is 38.5. The molecule has 223 valence electrons. The van der Waals surface area contributed by atoms with E-state index in [2.05, 4.69) is 51.5 Å². The molecule has 0 unspecified atom stereocenters. The van der Waals surface area contributed by atoms with E-state index in [1.165, 1.54) is 11.1 Å². The number of carboxylic acid groups (broad SMARTS) is 2. The van der Waals surface area contributed by atoms with E-state index < -0.39 is 11.9 Å². The molecule has 0 aliphatic rings. The fourth-order valence-electron chi connectivity index (χ4n) is 3.26. The summed E-state index contributed by atoms with van der Waals surface area (Å²) >= 11 is 0. The summed E-state index contributed by atoms with van der Waals surface area (Å²) in [5.74, 6) is -1.58. The van der Waals surface area contributed by atoms with Crippen LogP contribution in [-0.4, -0.2) is 47.7 Å². The standard InChI is InChI=1S/C27H38N2O2.2C2H4O2.Co/c1-18-12-22(26(3,4)5)14-20(24(18)30)16-28-10-9-11-29-17-21-15-23(27(6,7)8)13-19(2)25(21)31;2*1-2(3)4;/h12-17,30-31H,9-11H2,1-8H3;2*1H3,(H,3,4);/q;;;+2/p-2. The first kappa shape index (κ1) is 39.0. The van der Waals surface area contributed by atoms with Crippen LogP contribution in [0.4, 0.5) is 0 Å². The van der Waals surface area contributed by atoms with E-state index >= 15 is 0 Å². The minimum Gasteiger partial charge on any atom is -0.550 e. The maximum absolute atomic E-state index is 10.3. The van der Waals surface area contributed by atoms with Crippen LogP contribution in [0.3, 0.4) is 0 Å². The summed E-state index contributed by atoms with van der Waals surface area (Å²) in [6.45, 7) is 20.0. The van der Waals surface area contributed by atoms with Crippen LogP contribution < -0.4 is 10.2 Å². The molecule has 0 bridgehead atoms. The fraction of sp³-hybridized carbons (Fsp3) is 0.484. The molecule has 0 amide bonds. The quantitative estimate of drug-likeness (QED) is 0.382. The van der Waals surface area contributed by atoms with Crippen molar-refractivity contribution in [1.82, 2.24) is 0 Å². The summed E-state index contributed by atoms with van der Waals surface area (Å²) in [5.41, 5.74) is 5.65. The van der Waals surface area contributed by atoms with Gasteiger partial charge in [0.1, 0.15) is 11.5 Å². The van der Waals surface area contributed by atoms with Gasteiger partial charge in [0.2, 0.25) is 0 Å². The van der Waals surface area contributed by atoms with Crippen LogP contribution in [0.15, 0.2) is 34.3 Å². The Balaban J connectivity index is 0. The second-order valence-electron chi connectivity index (χ2n) is 11.4. The number of benzene rings is 2. The predicted molar refractivity (Wildman–Crippen MR) is 154 cm³/mol. The molecule has 2 aromatic carbocycles. The third-order valence-corrected chi connectivity index (χ3v) is 5.43. The van der Waals surface area contributed by atoms with Gasteiger partial charge in [-0.15, -0.1) is 0 Å². The number of nitrogens with zero attached hydrogens (tertiary/aromatic N) is 2. The van der Waals surface area contributed by atoms with Gasteiger partial charge in [-0.1, -0.05) is 53.7 Å². The van der Waals surface area contributed by atoms with Crippen molar-refractivity contribution in [3.05, 3.63) is 57.6 Å². The molecule has 0 aliphatic heterocycles. The van der Waals surface area contributed by atoms with Crippen molar-refractivity contribution in [3.8, 4) is 11.5 Å². The smallest absolute Gasteiger partial charge is 0.550 e. The van der Waals surface area contributed by atoms with Crippen LogP contribution in [0, 0.1) is 13.8 Å². The van der Waals surface area contributed by atoms with E-state index in [0.717, 1.165) is 42.5 Å². The number of hydrogen-bond acceptors (Lipinski definition) is 8. The molecular weight excluding hydrogens is 555 g/mol. The molecule has 8 nitrogen and oxygen atoms in total. The van der Waals surface area contributed by atoms with Crippen LogP contribution in [0.5, 0.6) is 11.5 Å². The predicted octanol–water partition coefficient (Wildman–Crippen LogP) is 3.75. The van der Waals surface area contributed by atoms with Crippen LogP contribution in [0.25, 0.3) is 0 Å². The average molecular weight is 600 g/mol. The zero-order chi connectivity index (χ0) is 30.6. The van der Waals surface area contributed by atoms with E-state index in [0.29, 0.717) is 24.6 Å². The number of aromatic hydroxyl groups is 2. The van der Waals surface area contributed by atoms with Crippen molar-refractivity contribution in [2.75, 3.05) is 13.1 Å². The molecule has 0 saturated carbocycles. The second-order valence-corrected chi connectivity index (χ2v) is 11.4. The van der Waals surface area contributed by atoms with Gasteiger partial charge in [-0.25, -0.2) is 0 Å². The van der Waals surface area contributed by atoms with Crippen molar-refractivity contribution >= 4 is 24.4 Å². The van der Waals surface area contributed by atoms with Gasteiger partial charge in [0, 0.05) is 48.6 Å². The van der Waals surface area contributed by atoms with Crippen molar-refractivity contribution < 1.29 is 46.8 Å². The van der Waals surface area contributed by atoms with Gasteiger partial charge in [0.15, 0.2) is 0 Å². The molecule has 2 rings (SSSR count). The number of phenolic OH excluding ortho intramolecular Hbond substituents is 2. The van der Waals surface area contributed by atoms with E-state index in [4.69, 9.17) is 19.8 Å². The number of hydrogen-bond donors (Lipinski definition) is 2. The molecule has 0 aliphatic carbocycles. The van der Waals surface area contributed by atoms with E-state index in [-0.39, 0.29) is 27.6 Å². The van der Waals surface area contributed by atoms with E-state index in [9.17, 15) is 10.2 Å². The molecule has 40 heavy (non-hydrogen) atoms. The Labute approximate surface area is 249 Å². The van der Waals surface area contributed by atoms with Crippen LogP contribution >= 0.6 is 0 Å². The van der Waals surface area contributed by atoms with Gasteiger partial charge in [-0.3, -0.25) is 9.98 Å². The Kier molecular flexibility index (Phi) is 17.1. The number of aliphatic carboxylic acids is 2. The topological polar surface area (TPSA) is 145 Å². The molecule has 0 atom stereocenters. The maximum Gasteiger partial charge on any atom is 2.00 e. The van der Waals surface area contributed by atoms with Gasteiger partial charge >= 0.3 is 16.8 Å². The number of rotatable bonds is 6. The van der Waals surface area contributed by atoms with Crippen LogP contribution in [-0.2, 0) is 37.2 Å². The van der Waals surface area contributed by atoms with Crippen molar-refractivity contribution in [1.29, 1.82) is 0 Å². The Morgan fingerprint density at radius 1 is 0.725 bits per heavy atom. The SMILES string of the molecule is CC(=O)[O-].CC(=O)[O-].Cc1cc(C(C)(C)C)cc(C=NCCCN=Cc2cc(C(C)(C)C)cc(C)c2O)c1O.[Co+2]. The van der Waals surface area contributed by atoms with Crippen LogP contribution in [0.1, 0.15) is 95.2 Å². The first-order valence-electron chi connectivity index (χ1n) is 12.8. The first-order valence-corrected chi connectivity index (χ1v) is 12.8. The molecule has 0 heterocycles. The summed E-state index contributed by atoms with van der Waals surface area (Å²) < 4.78 is 0. The molecule has 2 N–H and O–H groups in total. The summed E-state index contributed by atoms with van der Waals surface area (Å²) in [6, 6.07) is 8.09. The molecule has 0 fully saturated rings. The van der Waals surface area contributed by atoms with Gasteiger partial charge in [-0.05, 0) is 79.3 Å². The Morgan fingerprint density at radius 2 is 1.00 bits per heavy atom. The van der Waals surface area contributed by atoms with E-state index in [1.54, 1.807) is 12.4 Å². The molecule has 1 radical (unpaired) electrons. The molecule has 0 saturated heterocycles. The third kappa shape index (κ3) is 15.4. The summed E-state index contributed by atoms with van der Waals surface area (Å²) in [7, 11) is 0. The van der Waals surface area contributed by atoms with E-state index in [1.807, 2.05) is 38.1 Å². The Hall–Kier alpha value is -3.17. The van der Waals surface area contributed by atoms with Gasteiger partial charge in [-0.2, -0.15) is 0 Å².